The Balaban J connectivity index is 1.32. The van der Waals surface area contributed by atoms with Crippen LogP contribution in [0.5, 0.6) is 5.75 Å². The standard InChI is InChI=1S/C24H30FN3O2S/c1-18-9-10-28(21-5-3-4-6-23(21)31-18)24(29)17-27-13-11-26(12-14-27)16-19-7-8-22(30-2)20(25)15-19/h3-8,15,18H,9-14,16-17H2,1-2H3/t18-/m1/s1. The second kappa shape index (κ2) is 10.0. The molecule has 0 bridgehead atoms. The molecule has 2 aromatic carbocycles. The predicted molar refractivity (Wildman–Crippen MR) is 123 cm³/mol. The highest BCUT2D eigenvalue weighted by atomic mass is 32.2. The van der Waals surface area contributed by atoms with Crippen LogP contribution in [0, 0.1) is 5.82 Å². The molecule has 0 aromatic heterocycles. The zero-order valence-corrected chi connectivity index (χ0v) is 19.0. The summed E-state index contributed by atoms with van der Waals surface area (Å²) >= 11 is 1.86. The van der Waals surface area contributed by atoms with Gasteiger partial charge in [0.05, 0.1) is 19.3 Å². The Kier molecular flexibility index (Phi) is 7.15. The molecule has 7 heteroatoms. The van der Waals surface area contributed by atoms with Gasteiger partial charge in [-0.1, -0.05) is 25.1 Å². The summed E-state index contributed by atoms with van der Waals surface area (Å²) in [6.45, 7) is 7.55. The SMILES string of the molecule is COc1ccc(CN2CCN(CC(=O)N3CC[C@@H](C)Sc4ccccc43)CC2)cc1F. The first-order valence-corrected chi connectivity index (χ1v) is 11.7. The van der Waals surface area contributed by atoms with Gasteiger partial charge in [0.25, 0.3) is 0 Å². The van der Waals surface area contributed by atoms with Gasteiger partial charge in [-0.2, -0.15) is 0 Å². The Morgan fingerprint density at radius 1 is 1.10 bits per heavy atom. The number of anilines is 1. The van der Waals surface area contributed by atoms with Gasteiger partial charge < -0.3 is 9.64 Å². The molecule has 1 amide bonds. The summed E-state index contributed by atoms with van der Waals surface area (Å²) in [5, 5.41) is 0.505. The highest BCUT2D eigenvalue weighted by Gasteiger charge is 2.26. The van der Waals surface area contributed by atoms with E-state index in [1.165, 1.54) is 12.0 Å². The maximum absolute atomic E-state index is 14.0. The summed E-state index contributed by atoms with van der Waals surface area (Å²) in [6, 6.07) is 13.4. The number of methoxy groups -OCH3 is 1. The fourth-order valence-electron chi connectivity index (χ4n) is 4.19. The monoisotopic (exact) mass is 443 g/mol. The number of fused-ring (bicyclic) bond motifs is 1. The van der Waals surface area contributed by atoms with E-state index in [0.29, 0.717) is 18.3 Å². The van der Waals surface area contributed by atoms with Crippen molar-refractivity contribution in [1.29, 1.82) is 0 Å². The lowest BCUT2D eigenvalue weighted by molar-refractivity contribution is -0.120. The average molecular weight is 444 g/mol. The molecule has 166 valence electrons. The molecule has 2 aliphatic heterocycles. The molecule has 5 nitrogen and oxygen atoms in total. The summed E-state index contributed by atoms with van der Waals surface area (Å²) < 4.78 is 18.9. The van der Waals surface area contributed by atoms with Crippen molar-refractivity contribution < 1.29 is 13.9 Å². The van der Waals surface area contributed by atoms with Crippen molar-refractivity contribution in [2.45, 2.75) is 30.0 Å². The second-order valence-corrected chi connectivity index (χ2v) is 9.73. The van der Waals surface area contributed by atoms with E-state index in [1.807, 2.05) is 34.9 Å². The highest BCUT2D eigenvalue weighted by Crippen LogP contribution is 2.37. The summed E-state index contributed by atoms with van der Waals surface area (Å²) in [4.78, 5) is 20.9. The van der Waals surface area contributed by atoms with E-state index < -0.39 is 0 Å². The van der Waals surface area contributed by atoms with E-state index in [0.717, 1.165) is 50.4 Å². The van der Waals surface area contributed by atoms with E-state index in [-0.39, 0.29) is 17.5 Å². The molecule has 0 aliphatic carbocycles. The summed E-state index contributed by atoms with van der Waals surface area (Å²) in [6.07, 6.45) is 0.997. The van der Waals surface area contributed by atoms with Crippen LogP contribution < -0.4 is 9.64 Å². The lowest BCUT2D eigenvalue weighted by Crippen LogP contribution is -2.50. The van der Waals surface area contributed by atoms with Gasteiger partial charge in [-0.05, 0) is 36.2 Å². The number of hydrogen-bond donors (Lipinski definition) is 0. The minimum absolute atomic E-state index is 0.174. The van der Waals surface area contributed by atoms with Crippen LogP contribution in [0.25, 0.3) is 0 Å². The number of rotatable bonds is 5. The van der Waals surface area contributed by atoms with Gasteiger partial charge in [0.15, 0.2) is 11.6 Å². The smallest absolute Gasteiger partial charge is 0.241 e. The van der Waals surface area contributed by atoms with Crippen molar-refractivity contribution in [3.05, 3.63) is 53.8 Å². The number of benzene rings is 2. The van der Waals surface area contributed by atoms with Crippen molar-refractivity contribution in [2.24, 2.45) is 0 Å². The molecule has 2 heterocycles. The van der Waals surface area contributed by atoms with Crippen molar-refractivity contribution in [1.82, 2.24) is 9.80 Å². The highest BCUT2D eigenvalue weighted by molar-refractivity contribution is 8.00. The third kappa shape index (κ3) is 5.40. The van der Waals surface area contributed by atoms with Crippen LogP contribution in [-0.4, -0.2) is 67.3 Å². The summed E-state index contributed by atoms with van der Waals surface area (Å²) in [5.74, 6) is 0.122. The lowest BCUT2D eigenvalue weighted by Gasteiger charge is -2.35. The predicted octanol–water partition coefficient (Wildman–Crippen LogP) is 3.87. The molecule has 2 aliphatic rings. The fraction of sp³-hybridized carbons (Fsp3) is 0.458. The maximum Gasteiger partial charge on any atom is 0.241 e. The molecule has 0 radical (unpaired) electrons. The molecule has 1 fully saturated rings. The Morgan fingerprint density at radius 2 is 1.84 bits per heavy atom. The molecule has 0 saturated carbocycles. The maximum atomic E-state index is 14.0. The first-order valence-electron chi connectivity index (χ1n) is 10.9. The molecular formula is C24H30FN3O2S. The second-order valence-electron chi connectivity index (χ2n) is 8.25. The first-order chi connectivity index (χ1) is 15.0. The van der Waals surface area contributed by atoms with Gasteiger partial charge in [-0.15, -0.1) is 11.8 Å². The Bertz CT molecular complexity index is 917. The Morgan fingerprint density at radius 3 is 2.58 bits per heavy atom. The molecular weight excluding hydrogens is 413 g/mol. The van der Waals surface area contributed by atoms with E-state index in [4.69, 9.17) is 4.74 Å². The number of nitrogens with zero attached hydrogens (tertiary/aromatic N) is 3. The van der Waals surface area contributed by atoms with Gasteiger partial charge >= 0.3 is 0 Å². The lowest BCUT2D eigenvalue weighted by atomic mass is 10.1. The average Bonchev–Trinajstić information content (AvgIpc) is 2.93. The number of piperazine rings is 1. The van der Waals surface area contributed by atoms with E-state index in [2.05, 4.69) is 28.9 Å². The minimum atomic E-state index is -0.325. The molecule has 4 rings (SSSR count). The number of para-hydroxylation sites is 1. The normalized spacial score (nSPS) is 20.2. The van der Waals surface area contributed by atoms with Crippen LogP contribution in [0.1, 0.15) is 18.9 Å². The van der Waals surface area contributed by atoms with Crippen LogP contribution in [-0.2, 0) is 11.3 Å². The molecule has 0 unspecified atom stereocenters. The first kappa shape index (κ1) is 22.1. The molecule has 0 N–H and O–H groups in total. The quantitative estimate of drug-likeness (QED) is 0.701. The van der Waals surface area contributed by atoms with E-state index in [9.17, 15) is 9.18 Å². The Labute approximate surface area is 188 Å². The largest absolute Gasteiger partial charge is 0.494 e. The zero-order chi connectivity index (χ0) is 21.8. The van der Waals surface area contributed by atoms with Gasteiger partial charge in [0.1, 0.15) is 0 Å². The van der Waals surface area contributed by atoms with Gasteiger partial charge in [-0.3, -0.25) is 14.6 Å². The van der Waals surface area contributed by atoms with Gasteiger partial charge in [0, 0.05) is 49.4 Å². The van der Waals surface area contributed by atoms with Crippen LogP contribution >= 0.6 is 11.8 Å². The number of halogens is 1. The van der Waals surface area contributed by atoms with Crippen LogP contribution in [0.4, 0.5) is 10.1 Å². The van der Waals surface area contributed by atoms with Crippen LogP contribution in [0.15, 0.2) is 47.4 Å². The van der Waals surface area contributed by atoms with Crippen molar-refractivity contribution in [2.75, 3.05) is 51.3 Å². The third-order valence-electron chi connectivity index (χ3n) is 5.99. The van der Waals surface area contributed by atoms with Crippen molar-refractivity contribution >= 4 is 23.4 Å². The summed E-state index contributed by atoms with van der Waals surface area (Å²) in [7, 11) is 1.47. The summed E-state index contributed by atoms with van der Waals surface area (Å²) in [5.41, 5.74) is 1.98. The van der Waals surface area contributed by atoms with Crippen LogP contribution in [0.3, 0.4) is 0 Å². The minimum Gasteiger partial charge on any atom is -0.494 e. The number of thioether (sulfide) groups is 1. The van der Waals surface area contributed by atoms with Crippen molar-refractivity contribution in [3.63, 3.8) is 0 Å². The number of ether oxygens (including phenoxy) is 1. The van der Waals surface area contributed by atoms with Gasteiger partial charge in [-0.25, -0.2) is 4.39 Å². The molecule has 1 saturated heterocycles. The van der Waals surface area contributed by atoms with E-state index >= 15 is 0 Å². The third-order valence-corrected chi connectivity index (χ3v) is 7.23. The Hall–Kier alpha value is -2.09. The van der Waals surface area contributed by atoms with Crippen molar-refractivity contribution in [3.8, 4) is 5.75 Å². The van der Waals surface area contributed by atoms with E-state index in [1.54, 1.807) is 12.1 Å². The van der Waals surface area contributed by atoms with Crippen LogP contribution in [0.2, 0.25) is 0 Å². The molecule has 31 heavy (non-hydrogen) atoms. The molecule has 2 aromatic rings. The number of carbonyl (C=O) groups is 1. The fourth-order valence-corrected chi connectivity index (χ4v) is 5.31. The van der Waals surface area contributed by atoms with Gasteiger partial charge in [0.2, 0.25) is 5.91 Å². The molecule has 0 spiro atoms. The topological polar surface area (TPSA) is 36.0 Å². The molecule has 1 atom stereocenters. The number of hydrogen-bond acceptors (Lipinski definition) is 5. The number of carbonyl (C=O) groups excluding carboxylic acids is 1. The zero-order valence-electron chi connectivity index (χ0n) is 18.2. The number of amides is 1.